The Labute approximate surface area is 89.6 Å². The Bertz CT molecular complexity index is 386. The topological polar surface area (TPSA) is 40.5 Å². The van der Waals surface area contributed by atoms with Gasteiger partial charge in [0.25, 0.3) is 0 Å². The van der Waals surface area contributed by atoms with Gasteiger partial charge < -0.3 is 10.2 Å². The van der Waals surface area contributed by atoms with Crippen LogP contribution in [0.15, 0.2) is 18.2 Å². The fraction of sp³-hybridized carbons (Fsp3) is 0.538. The van der Waals surface area contributed by atoms with Crippen LogP contribution in [0.1, 0.15) is 37.2 Å². The molecular weight excluding hydrogens is 188 g/mol. The Morgan fingerprint density at radius 3 is 2.47 bits per heavy atom. The fourth-order valence-electron chi connectivity index (χ4n) is 3.42. The predicted molar refractivity (Wildman–Crippen MR) is 58.0 cm³/mol. The highest BCUT2D eigenvalue weighted by atomic mass is 16.3. The van der Waals surface area contributed by atoms with Crippen LogP contribution in [0.4, 0.5) is 0 Å². The molecule has 2 bridgehead atoms. The van der Waals surface area contributed by atoms with Crippen molar-refractivity contribution in [1.82, 2.24) is 0 Å². The summed E-state index contributed by atoms with van der Waals surface area (Å²) in [6.45, 7) is 0. The molecule has 2 fully saturated rings. The number of hydrogen-bond donors (Lipinski definition) is 2. The molecule has 2 N–H and O–H groups in total. The zero-order chi connectivity index (χ0) is 10.4. The minimum absolute atomic E-state index is 0.0121. The molecule has 2 aliphatic carbocycles. The molecule has 0 aromatic heterocycles. The van der Waals surface area contributed by atoms with Crippen LogP contribution in [0.5, 0.6) is 11.5 Å². The molecule has 0 radical (unpaired) electrons. The molecular formula is C13H16O2. The molecule has 2 heteroatoms. The van der Waals surface area contributed by atoms with E-state index in [1.165, 1.54) is 31.2 Å². The van der Waals surface area contributed by atoms with E-state index in [1.807, 2.05) is 6.07 Å². The zero-order valence-corrected chi connectivity index (χ0v) is 8.69. The quantitative estimate of drug-likeness (QED) is 0.690. The molecule has 3 atom stereocenters. The van der Waals surface area contributed by atoms with Gasteiger partial charge in [0.05, 0.1) is 0 Å². The maximum absolute atomic E-state index is 9.48. The summed E-state index contributed by atoms with van der Waals surface area (Å²) in [5.74, 6) is 2.36. The highest BCUT2D eigenvalue weighted by Crippen LogP contribution is 2.53. The third-order valence-corrected chi connectivity index (χ3v) is 4.17. The van der Waals surface area contributed by atoms with Gasteiger partial charge in [0.15, 0.2) is 11.5 Å². The Kier molecular flexibility index (Phi) is 1.91. The minimum Gasteiger partial charge on any atom is -0.504 e. The largest absolute Gasteiger partial charge is 0.504 e. The van der Waals surface area contributed by atoms with Gasteiger partial charge in [-0.05, 0) is 54.7 Å². The van der Waals surface area contributed by atoms with E-state index >= 15 is 0 Å². The van der Waals surface area contributed by atoms with Gasteiger partial charge in [0, 0.05) is 0 Å². The van der Waals surface area contributed by atoms with E-state index in [2.05, 4.69) is 0 Å². The summed E-state index contributed by atoms with van der Waals surface area (Å²) in [4.78, 5) is 0. The molecule has 1 aromatic carbocycles. The third-order valence-electron chi connectivity index (χ3n) is 4.17. The standard InChI is InChI=1S/C13H16O2/c14-12-4-3-10(7-13(12)15)11-6-8-1-2-9(11)5-8/h3-4,7-9,11,14-15H,1-2,5-6H2/t8-,9+,11-/m1/s1. The first-order chi connectivity index (χ1) is 7.24. The molecule has 0 unspecified atom stereocenters. The van der Waals surface area contributed by atoms with Crippen molar-refractivity contribution >= 4 is 0 Å². The van der Waals surface area contributed by atoms with Crippen LogP contribution < -0.4 is 0 Å². The second-order valence-corrected chi connectivity index (χ2v) is 5.03. The summed E-state index contributed by atoms with van der Waals surface area (Å²) < 4.78 is 0. The normalized spacial score (nSPS) is 33.5. The SMILES string of the molecule is Oc1ccc([C@@H]2C[C@@H]3CC[C@H]2C3)cc1O. The molecule has 0 heterocycles. The van der Waals surface area contributed by atoms with Crippen molar-refractivity contribution in [2.24, 2.45) is 11.8 Å². The highest BCUT2D eigenvalue weighted by molar-refractivity contribution is 5.42. The van der Waals surface area contributed by atoms with Crippen molar-refractivity contribution < 1.29 is 10.2 Å². The van der Waals surface area contributed by atoms with Gasteiger partial charge in [-0.3, -0.25) is 0 Å². The lowest BCUT2D eigenvalue weighted by Crippen LogP contribution is -2.08. The molecule has 0 aliphatic heterocycles. The molecule has 2 aliphatic rings. The predicted octanol–water partition coefficient (Wildman–Crippen LogP) is 3.00. The second-order valence-electron chi connectivity index (χ2n) is 5.03. The minimum atomic E-state index is -0.0121. The lowest BCUT2D eigenvalue weighted by atomic mass is 9.83. The van der Waals surface area contributed by atoms with Crippen LogP contribution in [0.3, 0.4) is 0 Å². The third kappa shape index (κ3) is 1.39. The maximum Gasteiger partial charge on any atom is 0.157 e. The maximum atomic E-state index is 9.48. The van der Waals surface area contributed by atoms with E-state index in [1.54, 1.807) is 12.1 Å². The number of fused-ring (bicyclic) bond motifs is 2. The first-order valence-electron chi connectivity index (χ1n) is 5.76. The van der Waals surface area contributed by atoms with E-state index < -0.39 is 0 Å². The fourth-order valence-corrected chi connectivity index (χ4v) is 3.42. The van der Waals surface area contributed by atoms with E-state index in [0.29, 0.717) is 5.92 Å². The van der Waals surface area contributed by atoms with E-state index in [4.69, 9.17) is 0 Å². The first-order valence-corrected chi connectivity index (χ1v) is 5.76. The average Bonchev–Trinajstić information content (AvgIpc) is 2.83. The van der Waals surface area contributed by atoms with Crippen LogP contribution >= 0.6 is 0 Å². The van der Waals surface area contributed by atoms with E-state index in [0.717, 1.165) is 11.8 Å². The Morgan fingerprint density at radius 1 is 1.00 bits per heavy atom. The lowest BCUT2D eigenvalue weighted by Gasteiger charge is -2.22. The van der Waals surface area contributed by atoms with Crippen molar-refractivity contribution in [3.63, 3.8) is 0 Å². The van der Waals surface area contributed by atoms with Gasteiger partial charge in [-0.15, -0.1) is 0 Å². The van der Waals surface area contributed by atoms with E-state index in [9.17, 15) is 10.2 Å². The van der Waals surface area contributed by atoms with Crippen LogP contribution in [0.2, 0.25) is 0 Å². The van der Waals surface area contributed by atoms with Crippen LogP contribution in [0, 0.1) is 11.8 Å². The smallest absolute Gasteiger partial charge is 0.157 e. The molecule has 80 valence electrons. The van der Waals surface area contributed by atoms with Gasteiger partial charge >= 0.3 is 0 Å². The number of hydrogen-bond acceptors (Lipinski definition) is 2. The second kappa shape index (κ2) is 3.16. The molecule has 0 saturated heterocycles. The van der Waals surface area contributed by atoms with Gasteiger partial charge in [0.2, 0.25) is 0 Å². The summed E-state index contributed by atoms with van der Waals surface area (Å²) in [7, 11) is 0. The summed E-state index contributed by atoms with van der Waals surface area (Å²) in [6.07, 6.45) is 5.38. The number of rotatable bonds is 1. The Morgan fingerprint density at radius 2 is 1.87 bits per heavy atom. The zero-order valence-electron chi connectivity index (χ0n) is 8.69. The molecule has 2 nitrogen and oxygen atoms in total. The van der Waals surface area contributed by atoms with Crippen molar-refractivity contribution in [2.75, 3.05) is 0 Å². The Balaban J connectivity index is 1.90. The van der Waals surface area contributed by atoms with Crippen molar-refractivity contribution in [1.29, 1.82) is 0 Å². The first kappa shape index (κ1) is 9.08. The highest BCUT2D eigenvalue weighted by Gasteiger charge is 2.40. The monoisotopic (exact) mass is 204 g/mol. The lowest BCUT2D eigenvalue weighted by molar-refractivity contribution is 0.395. The molecule has 15 heavy (non-hydrogen) atoms. The summed E-state index contributed by atoms with van der Waals surface area (Å²) in [5, 5.41) is 18.7. The van der Waals surface area contributed by atoms with Gasteiger partial charge in [0.1, 0.15) is 0 Å². The molecule has 3 rings (SSSR count). The number of benzene rings is 1. The van der Waals surface area contributed by atoms with E-state index in [-0.39, 0.29) is 11.5 Å². The summed E-state index contributed by atoms with van der Waals surface area (Å²) in [5.41, 5.74) is 1.21. The molecule has 0 spiro atoms. The molecule has 1 aromatic rings. The van der Waals surface area contributed by atoms with Gasteiger partial charge in [-0.1, -0.05) is 12.5 Å². The van der Waals surface area contributed by atoms with Gasteiger partial charge in [-0.25, -0.2) is 0 Å². The molecule has 2 saturated carbocycles. The van der Waals surface area contributed by atoms with Crippen LogP contribution in [0.25, 0.3) is 0 Å². The summed E-state index contributed by atoms with van der Waals surface area (Å²) >= 11 is 0. The van der Waals surface area contributed by atoms with Crippen molar-refractivity contribution in [3.8, 4) is 11.5 Å². The number of aromatic hydroxyl groups is 2. The van der Waals surface area contributed by atoms with Crippen molar-refractivity contribution in [3.05, 3.63) is 23.8 Å². The van der Waals surface area contributed by atoms with Crippen LogP contribution in [-0.4, -0.2) is 10.2 Å². The molecule has 0 amide bonds. The van der Waals surface area contributed by atoms with Crippen LogP contribution in [-0.2, 0) is 0 Å². The van der Waals surface area contributed by atoms with Crippen molar-refractivity contribution in [2.45, 2.75) is 31.6 Å². The summed E-state index contributed by atoms with van der Waals surface area (Å²) in [6, 6.07) is 5.30. The average molecular weight is 204 g/mol. The number of phenols is 2. The number of phenolic OH excluding ortho intramolecular Hbond substituents is 2. The van der Waals surface area contributed by atoms with Gasteiger partial charge in [-0.2, -0.15) is 0 Å². The Hall–Kier alpha value is -1.18.